The van der Waals surface area contributed by atoms with Gasteiger partial charge in [0.2, 0.25) is 0 Å². The Morgan fingerprint density at radius 2 is 2.18 bits per heavy atom. The predicted octanol–water partition coefficient (Wildman–Crippen LogP) is 2.38. The summed E-state index contributed by atoms with van der Waals surface area (Å²) in [7, 11) is 1.71. The molecule has 1 heterocycles. The van der Waals surface area contributed by atoms with Crippen molar-refractivity contribution in [2.45, 2.75) is 45.6 Å². The molecular formula is C14H22N2O. The van der Waals surface area contributed by atoms with Crippen molar-refractivity contribution in [3.05, 3.63) is 23.0 Å². The molecule has 1 atom stereocenters. The molecule has 1 fully saturated rings. The zero-order valence-corrected chi connectivity index (χ0v) is 11.0. The Kier molecular flexibility index (Phi) is 3.67. The van der Waals surface area contributed by atoms with E-state index in [0.717, 1.165) is 41.3 Å². The van der Waals surface area contributed by atoms with Crippen LogP contribution < -0.4 is 10.5 Å². The van der Waals surface area contributed by atoms with Gasteiger partial charge >= 0.3 is 0 Å². The standard InChI is InChI=1S/C14H22N2O/c1-9-8-16-13(10(2)14(9)17-3)7-12(15)6-11-4-5-11/h8,11-12H,4-7,15H2,1-3H3. The van der Waals surface area contributed by atoms with Crippen LogP contribution >= 0.6 is 0 Å². The summed E-state index contributed by atoms with van der Waals surface area (Å²) in [5, 5.41) is 0. The van der Waals surface area contributed by atoms with Crippen LogP contribution in [-0.2, 0) is 6.42 Å². The topological polar surface area (TPSA) is 48.1 Å². The summed E-state index contributed by atoms with van der Waals surface area (Å²) in [4.78, 5) is 4.49. The molecule has 1 aromatic rings. The molecule has 1 unspecified atom stereocenters. The second-order valence-corrected chi connectivity index (χ2v) is 5.19. The number of methoxy groups -OCH3 is 1. The van der Waals surface area contributed by atoms with E-state index in [2.05, 4.69) is 11.9 Å². The van der Waals surface area contributed by atoms with Gasteiger partial charge in [0.15, 0.2) is 0 Å². The van der Waals surface area contributed by atoms with E-state index in [1.54, 1.807) is 7.11 Å². The zero-order valence-electron chi connectivity index (χ0n) is 11.0. The van der Waals surface area contributed by atoms with E-state index in [0.29, 0.717) is 0 Å². The lowest BCUT2D eigenvalue weighted by atomic mass is 10.0. The number of nitrogens with two attached hydrogens (primary N) is 1. The molecule has 0 spiro atoms. The van der Waals surface area contributed by atoms with E-state index in [1.807, 2.05) is 13.1 Å². The summed E-state index contributed by atoms with van der Waals surface area (Å²) in [5.74, 6) is 1.83. The third-order valence-electron chi connectivity index (χ3n) is 3.54. The summed E-state index contributed by atoms with van der Waals surface area (Å²) in [5.41, 5.74) is 9.47. The first kappa shape index (κ1) is 12.4. The lowest BCUT2D eigenvalue weighted by Crippen LogP contribution is -2.24. The molecular weight excluding hydrogens is 212 g/mol. The highest BCUT2D eigenvalue weighted by molar-refractivity contribution is 5.41. The third-order valence-corrected chi connectivity index (χ3v) is 3.54. The number of aromatic nitrogens is 1. The van der Waals surface area contributed by atoms with Gasteiger partial charge in [-0.1, -0.05) is 12.8 Å². The largest absolute Gasteiger partial charge is 0.496 e. The Morgan fingerprint density at radius 1 is 1.47 bits per heavy atom. The quantitative estimate of drug-likeness (QED) is 0.851. The van der Waals surface area contributed by atoms with Crippen LogP contribution in [0, 0.1) is 19.8 Å². The van der Waals surface area contributed by atoms with Crippen molar-refractivity contribution in [3.63, 3.8) is 0 Å². The number of ether oxygens (including phenoxy) is 1. The highest BCUT2D eigenvalue weighted by Crippen LogP contribution is 2.34. The van der Waals surface area contributed by atoms with Gasteiger partial charge in [0.25, 0.3) is 0 Å². The van der Waals surface area contributed by atoms with Crippen LogP contribution in [0.25, 0.3) is 0 Å². The van der Waals surface area contributed by atoms with Crippen molar-refractivity contribution < 1.29 is 4.74 Å². The fourth-order valence-corrected chi connectivity index (χ4v) is 2.39. The van der Waals surface area contributed by atoms with Crippen LogP contribution in [0.2, 0.25) is 0 Å². The molecule has 0 aliphatic heterocycles. The maximum absolute atomic E-state index is 6.16. The third kappa shape index (κ3) is 2.97. The Labute approximate surface area is 103 Å². The predicted molar refractivity (Wildman–Crippen MR) is 69.3 cm³/mol. The molecule has 0 aromatic carbocycles. The molecule has 2 N–H and O–H groups in total. The molecule has 0 saturated heterocycles. The minimum Gasteiger partial charge on any atom is -0.496 e. The maximum Gasteiger partial charge on any atom is 0.128 e. The lowest BCUT2D eigenvalue weighted by molar-refractivity contribution is 0.406. The number of hydrogen-bond donors (Lipinski definition) is 1. The first-order valence-corrected chi connectivity index (χ1v) is 6.36. The van der Waals surface area contributed by atoms with Crippen molar-refractivity contribution in [1.29, 1.82) is 0 Å². The number of aryl methyl sites for hydroxylation is 1. The SMILES string of the molecule is COc1c(C)cnc(CC(N)CC2CC2)c1C. The molecule has 3 nitrogen and oxygen atoms in total. The summed E-state index contributed by atoms with van der Waals surface area (Å²) >= 11 is 0. The van der Waals surface area contributed by atoms with Crippen molar-refractivity contribution in [3.8, 4) is 5.75 Å². The van der Waals surface area contributed by atoms with E-state index in [1.165, 1.54) is 12.8 Å². The number of hydrogen-bond acceptors (Lipinski definition) is 3. The van der Waals surface area contributed by atoms with Gasteiger partial charge in [0, 0.05) is 35.5 Å². The molecule has 0 radical (unpaired) electrons. The van der Waals surface area contributed by atoms with E-state index < -0.39 is 0 Å². The molecule has 94 valence electrons. The fraction of sp³-hybridized carbons (Fsp3) is 0.643. The van der Waals surface area contributed by atoms with Gasteiger partial charge in [-0.15, -0.1) is 0 Å². The van der Waals surface area contributed by atoms with Crippen molar-refractivity contribution in [1.82, 2.24) is 4.98 Å². The second-order valence-electron chi connectivity index (χ2n) is 5.19. The molecule has 1 aliphatic carbocycles. The monoisotopic (exact) mass is 234 g/mol. The van der Waals surface area contributed by atoms with E-state index in [9.17, 15) is 0 Å². The van der Waals surface area contributed by atoms with Crippen molar-refractivity contribution in [2.24, 2.45) is 11.7 Å². The molecule has 1 aliphatic rings. The lowest BCUT2D eigenvalue weighted by Gasteiger charge is -2.15. The highest BCUT2D eigenvalue weighted by Gasteiger charge is 2.24. The Bertz CT molecular complexity index is 399. The van der Waals surface area contributed by atoms with Gasteiger partial charge in [0.1, 0.15) is 5.75 Å². The molecule has 2 rings (SSSR count). The summed E-state index contributed by atoms with van der Waals surface area (Å²) in [6.45, 7) is 4.09. The second kappa shape index (κ2) is 5.05. The summed E-state index contributed by atoms with van der Waals surface area (Å²) in [6, 6.07) is 0.237. The molecule has 0 amide bonds. The number of nitrogens with zero attached hydrogens (tertiary/aromatic N) is 1. The van der Waals surface area contributed by atoms with Gasteiger partial charge in [-0.05, 0) is 26.2 Å². The van der Waals surface area contributed by atoms with Gasteiger partial charge in [-0.3, -0.25) is 4.98 Å². The van der Waals surface area contributed by atoms with Crippen LogP contribution in [-0.4, -0.2) is 18.1 Å². The first-order chi connectivity index (χ1) is 8.11. The fourth-order valence-electron chi connectivity index (χ4n) is 2.39. The molecule has 1 aromatic heterocycles. The van der Waals surface area contributed by atoms with Crippen LogP contribution in [0.4, 0.5) is 0 Å². The summed E-state index contributed by atoms with van der Waals surface area (Å²) in [6.07, 6.45) is 6.59. The Balaban J connectivity index is 2.09. The minimum atomic E-state index is 0.237. The zero-order chi connectivity index (χ0) is 12.4. The first-order valence-electron chi connectivity index (χ1n) is 6.36. The van der Waals surface area contributed by atoms with E-state index >= 15 is 0 Å². The highest BCUT2D eigenvalue weighted by atomic mass is 16.5. The molecule has 17 heavy (non-hydrogen) atoms. The van der Waals surface area contributed by atoms with Gasteiger partial charge in [-0.2, -0.15) is 0 Å². The van der Waals surface area contributed by atoms with Crippen molar-refractivity contribution >= 4 is 0 Å². The normalized spacial score (nSPS) is 16.9. The van der Waals surface area contributed by atoms with Gasteiger partial charge in [-0.25, -0.2) is 0 Å². The van der Waals surface area contributed by atoms with Gasteiger partial charge < -0.3 is 10.5 Å². The van der Waals surface area contributed by atoms with Crippen LogP contribution in [0.1, 0.15) is 36.1 Å². The average Bonchev–Trinajstić information content (AvgIpc) is 3.07. The van der Waals surface area contributed by atoms with Gasteiger partial charge in [0.05, 0.1) is 7.11 Å². The summed E-state index contributed by atoms with van der Waals surface area (Å²) < 4.78 is 5.41. The number of rotatable bonds is 5. The van der Waals surface area contributed by atoms with E-state index in [4.69, 9.17) is 10.5 Å². The molecule has 0 bridgehead atoms. The van der Waals surface area contributed by atoms with E-state index in [-0.39, 0.29) is 6.04 Å². The van der Waals surface area contributed by atoms with Crippen LogP contribution in [0.3, 0.4) is 0 Å². The maximum atomic E-state index is 6.16. The smallest absolute Gasteiger partial charge is 0.128 e. The number of pyridine rings is 1. The molecule has 3 heteroatoms. The van der Waals surface area contributed by atoms with Crippen LogP contribution in [0.5, 0.6) is 5.75 Å². The average molecular weight is 234 g/mol. The molecule has 1 saturated carbocycles. The van der Waals surface area contributed by atoms with Crippen molar-refractivity contribution in [2.75, 3.05) is 7.11 Å². The minimum absolute atomic E-state index is 0.237. The Hall–Kier alpha value is -1.09. The Morgan fingerprint density at radius 3 is 2.76 bits per heavy atom. The van der Waals surface area contributed by atoms with Crippen LogP contribution in [0.15, 0.2) is 6.20 Å².